The van der Waals surface area contributed by atoms with Crippen LogP contribution in [0.1, 0.15) is 42.9 Å². The van der Waals surface area contributed by atoms with Crippen molar-refractivity contribution in [2.45, 2.75) is 44.2 Å². The molecule has 2 aromatic carbocycles. The molecule has 2 amide bonds. The average Bonchev–Trinajstić information content (AvgIpc) is 2.76. The lowest BCUT2D eigenvalue weighted by Gasteiger charge is -2.41. The Kier molecular flexibility index (Phi) is 6.06. The van der Waals surface area contributed by atoms with Crippen LogP contribution in [0.15, 0.2) is 42.5 Å². The minimum Gasteiger partial charge on any atom is -0.496 e. The van der Waals surface area contributed by atoms with E-state index in [2.05, 4.69) is 16.7 Å². The third kappa shape index (κ3) is 3.86. The van der Waals surface area contributed by atoms with Crippen molar-refractivity contribution in [2.75, 3.05) is 7.11 Å². The maximum absolute atomic E-state index is 13.2. The van der Waals surface area contributed by atoms with Gasteiger partial charge >= 0.3 is 0 Å². The van der Waals surface area contributed by atoms with E-state index in [0.29, 0.717) is 23.3 Å². The number of benzene rings is 2. The molecular weight excluding hydrogens is 385 g/mol. The third-order valence-corrected chi connectivity index (χ3v) is 5.75. The van der Waals surface area contributed by atoms with Gasteiger partial charge in [-0.25, -0.2) is 4.39 Å². The molecule has 156 valence electrons. The van der Waals surface area contributed by atoms with Crippen molar-refractivity contribution in [2.24, 2.45) is 0 Å². The SMILES string of the molecule is CCC1(Cc2ccc(F)cc2)NC(=O)C(C(C)c2c(C#N)cccc2OC)NC1=O. The highest BCUT2D eigenvalue weighted by atomic mass is 19.1. The van der Waals surface area contributed by atoms with E-state index in [0.717, 1.165) is 5.56 Å². The van der Waals surface area contributed by atoms with Crippen LogP contribution < -0.4 is 15.4 Å². The number of carbonyl (C=O) groups is 2. The summed E-state index contributed by atoms with van der Waals surface area (Å²) in [6.07, 6.45) is 0.627. The predicted octanol–water partition coefficient (Wildman–Crippen LogP) is 2.82. The largest absolute Gasteiger partial charge is 0.496 e. The molecular formula is C23H24FN3O3. The van der Waals surface area contributed by atoms with E-state index >= 15 is 0 Å². The van der Waals surface area contributed by atoms with Crippen LogP contribution >= 0.6 is 0 Å². The van der Waals surface area contributed by atoms with E-state index in [1.54, 1.807) is 37.3 Å². The first-order valence-electron chi connectivity index (χ1n) is 9.79. The number of methoxy groups -OCH3 is 1. The zero-order valence-electron chi connectivity index (χ0n) is 17.2. The molecule has 7 heteroatoms. The monoisotopic (exact) mass is 409 g/mol. The third-order valence-electron chi connectivity index (χ3n) is 5.75. The van der Waals surface area contributed by atoms with Gasteiger partial charge in [0.1, 0.15) is 23.1 Å². The van der Waals surface area contributed by atoms with Crippen LogP contribution in [0.2, 0.25) is 0 Å². The topological polar surface area (TPSA) is 91.2 Å². The number of halogens is 1. The Balaban J connectivity index is 1.89. The van der Waals surface area contributed by atoms with Gasteiger partial charge in [0.25, 0.3) is 0 Å². The Labute approximate surface area is 175 Å². The van der Waals surface area contributed by atoms with Crippen LogP contribution in [-0.4, -0.2) is 30.5 Å². The van der Waals surface area contributed by atoms with E-state index < -0.39 is 17.5 Å². The number of carbonyl (C=O) groups excluding carboxylic acids is 2. The molecule has 30 heavy (non-hydrogen) atoms. The quantitative estimate of drug-likeness (QED) is 0.768. The maximum atomic E-state index is 13.2. The second kappa shape index (κ2) is 8.54. The lowest BCUT2D eigenvalue weighted by Crippen LogP contribution is -2.70. The minimum absolute atomic E-state index is 0.251. The molecule has 1 saturated heterocycles. The summed E-state index contributed by atoms with van der Waals surface area (Å²) in [5.74, 6) is -0.997. The van der Waals surface area contributed by atoms with Crippen LogP contribution in [0.5, 0.6) is 5.75 Å². The molecule has 0 bridgehead atoms. The molecule has 2 aromatic rings. The summed E-state index contributed by atoms with van der Waals surface area (Å²) in [4.78, 5) is 26.2. The van der Waals surface area contributed by atoms with Gasteiger partial charge in [-0.15, -0.1) is 0 Å². The van der Waals surface area contributed by atoms with E-state index in [1.165, 1.54) is 19.2 Å². The molecule has 2 N–H and O–H groups in total. The van der Waals surface area contributed by atoms with Crippen LogP contribution in [-0.2, 0) is 16.0 Å². The van der Waals surface area contributed by atoms with Crippen molar-refractivity contribution < 1.29 is 18.7 Å². The molecule has 3 atom stereocenters. The second-order valence-electron chi connectivity index (χ2n) is 7.50. The summed E-state index contributed by atoms with van der Waals surface area (Å²) >= 11 is 0. The normalized spacial score (nSPS) is 21.9. The molecule has 0 saturated carbocycles. The van der Waals surface area contributed by atoms with Gasteiger partial charge in [-0.1, -0.05) is 32.0 Å². The van der Waals surface area contributed by atoms with E-state index in [-0.39, 0.29) is 24.1 Å². The van der Waals surface area contributed by atoms with Gasteiger partial charge in [-0.2, -0.15) is 5.26 Å². The number of hydrogen-bond donors (Lipinski definition) is 2. The molecule has 0 aromatic heterocycles. The molecule has 1 fully saturated rings. The molecule has 1 aliphatic heterocycles. The zero-order chi connectivity index (χ0) is 21.9. The van der Waals surface area contributed by atoms with Crippen LogP contribution in [0.4, 0.5) is 4.39 Å². The molecule has 1 aliphatic rings. The van der Waals surface area contributed by atoms with Crippen molar-refractivity contribution in [3.05, 3.63) is 65.0 Å². The number of piperazine rings is 1. The van der Waals surface area contributed by atoms with Gasteiger partial charge < -0.3 is 15.4 Å². The number of nitrogens with zero attached hydrogens (tertiary/aromatic N) is 1. The van der Waals surface area contributed by atoms with E-state index in [4.69, 9.17) is 4.74 Å². The number of nitrogens with one attached hydrogen (secondary N) is 2. The average molecular weight is 409 g/mol. The van der Waals surface area contributed by atoms with Crippen molar-refractivity contribution in [3.63, 3.8) is 0 Å². The fraction of sp³-hybridized carbons (Fsp3) is 0.348. The maximum Gasteiger partial charge on any atom is 0.246 e. The van der Waals surface area contributed by atoms with E-state index in [9.17, 15) is 19.2 Å². The first-order valence-corrected chi connectivity index (χ1v) is 9.79. The van der Waals surface area contributed by atoms with Crippen molar-refractivity contribution in [1.29, 1.82) is 5.26 Å². The standard InChI is InChI=1S/C23H24FN3O3/c1-4-23(12-15-8-10-17(24)11-9-15)22(29)26-20(21(28)27-23)14(2)19-16(13-25)6-5-7-18(19)30-3/h5-11,14,20H,4,12H2,1-3H3,(H,26,29)(H,27,28). The lowest BCUT2D eigenvalue weighted by molar-refractivity contribution is -0.142. The summed E-state index contributed by atoms with van der Waals surface area (Å²) in [6, 6.07) is 12.2. The summed E-state index contributed by atoms with van der Waals surface area (Å²) in [5.41, 5.74) is 0.592. The summed E-state index contributed by atoms with van der Waals surface area (Å²) in [5, 5.41) is 15.2. The van der Waals surface area contributed by atoms with Crippen LogP contribution in [0, 0.1) is 17.1 Å². The van der Waals surface area contributed by atoms with Gasteiger partial charge in [0.15, 0.2) is 0 Å². The van der Waals surface area contributed by atoms with Crippen molar-refractivity contribution in [1.82, 2.24) is 10.6 Å². The summed E-state index contributed by atoms with van der Waals surface area (Å²) in [7, 11) is 1.50. The fourth-order valence-electron chi connectivity index (χ4n) is 3.97. The minimum atomic E-state index is -1.12. The molecule has 3 unspecified atom stereocenters. The van der Waals surface area contributed by atoms with Crippen molar-refractivity contribution in [3.8, 4) is 11.8 Å². The lowest BCUT2D eigenvalue weighted by atomic mass is 9.81. The number of ether oxygens (including phenoxy) is 1. The Hall–Kier alpha value is -3.40. The molecule has 0 spiro atoms. The Morgan fingerprint density at radius 1 is 1.23 bits per heavy atom. The van der Waals surface area contributed by atoms with Gasteiger partial charge in [0.05, 0.1) is 18.7 Å². The fourth-order valence-corrected chi connectivity index (χ4v) is 3.97. The van der Waals surface area contributed by atoms with Crippen molar-refractivity contribution >= 4 is 11.8 Å². The number of amides is 2. The predicted molar refractivity (Wildman–Crippen MR) is 109 cm³/mol. The molecule has 1 heterocycles. The van der Waals surface area contributed by atoms with Gasteiger partial charge in [-0.05, 0) is 36.2 Å². The van der Waals surface area contributed by atoms with E-state index in [1.807, 2.05) is 6.92 Å². The molecule has 6 nitrogen and oxygen atoms in total. The number of nitriles is 1. The zero-order valence-corrected chi connectivity index (χ0v) is 17.2. The van der Waals surface area contributed by atoms with Gasteiger partial charge in [0.2, 0.25) is 11.8 Å². The second-order valence-corrected chi connectivity index (χ2v) is 7.50. The number of hydrogen-bond acceptors (Lipinski definition) is 4. The van der Waals surface area contributed by atoms with Gasteiger partial charge in [-0.3, -0.25) is 9.59 Å². The van der Waals surface area contributed by atoms with Gasteiger partial charge in [0, 0.05) is 17.9 Å². The Bertz CT molecular complexity index is 1000. The first-order chi connectivity index (χ1) is 14.3. The molecule has 0 radical (unpaired) electrons. The summed E-state index contributed by atoms with van der Waals surface area (Å²) in [6.45, 7) is 3.60. The molecule has 3 rings (SSSR count). The Morgan fingerprint density at radius 3 is 2.53 bits per heavy atom. The molecule has 0 aliphatic carbocycles. The van der Waals surface area contributed by atoms with Crippen LogP contribution in [0.3, 0.4) is 0 Å². The highest BCUT2D eigenvalue weighted by molar-refractivity contribution is 6.00. The summed E-state index contributed by atoms with van der Waals surface area (Å²) < 4.78 is 18.6. The highest BCUT2D eigenvalue weighted by Crippen LogP contribution is 2.34. The van der Waals surface area contributed by atoms with Crippen LogP contribution in [0.25, 0.3) is 0 Å². The number of rotatable bonds is 6. The first kappa shape index (κ1) is 21.3. The highest BCUT2D eigenvalue weighted by Gasteiger charge is 2.47. The smallest absolute Gasteiger partial charge is 0.246 e. The Morgan fingerprint density at radius 2 is 1.93 bits per heavy atom.